The van der Waals surface area contributed by atoms with Gasteiger partial charge in [0.1, 0.15) is 0 Å². The highest BCUT2D eigenvalue weighted by Gasteiger charge is 2.21. The molecule has 0 aromatic heterocycles. The number of rotatable bonds is 5. The quantitative estimate of drug-likeness (QED) is 0.603. The largest absolute Gasteiger partial charge is 0.393 e. The Hall–Kier alpha value is -0.770. The van der Waals surface area contributed by atoms with Gasteiger partial charge in [-0.1, -0.05) is 0 Å². The molecule has 2 amide bonds. The van der Waals surface area contributed by atoms with Gasteiger partial charge < -0.3 is 15.7 Å². The SMILES string of the molecule is CCNC(=O)NCCCC1CCC(O)C1. The van der Waals surface area contributed by atoms with E-state index in [0.29, 0.717) is 12.5 Å². The summed E-state index contributed by atoms with van der Waals surface area (Å²) in [6, 6.07) is -0.0797. The van der Waals surface area contributed by atoms with Gasteiger partial charge in [-0.3, -0.25) is 0 Å². The second-order valence-electron chi connectivity index (χ2n) is 4.26. The zero-order chi connectivity index (χ0) is 11.1. The number of carbonyl (C=O) groups is 1. The average molecular weight is 214 g/mol. The van der Waals surface area contributed by atoms with Crippen molar-refractivity contribution in [3.05, 3.63) is 0 Å². The van der Waals surface area contributed by atoms with E-state index in [1.54, 1.807) is 0 Å². The van der Waals surface area contributed by atoms with Gasteiger partial charge in [-0.15, -0.1) is 0 Å². The highest BCUT2D eigenvalue weighted by molar-refractivity contribution is 5.73. The van der Waals surface area contributed by atoms with Crippen LogP contribution < -0.4 is 10.6 Å². The normalized spacial score (nSPS) is 25.2. The van der Waals surface area contributed by atoms with Crippen LogP contribution in [0.1, 0.15) is 39.0 Å². The maximum Gasteiger partial charge on any atom is 0.314 e. The lowest BCUT2D eigenvalue weighted by Crippen LogP contribution is -2.35. The van der Waals surface area contributed by atoms with E-state index in [-0.39, 0.29) is 12.1 Å². The van der Waals surface area contributed by atoms with Gasteiger partial charge in [-0.05, 0) is 44.9 Å². The predicted octanol–water partition coefficient (Wildman–Crippen LogP) is 1.25. The van der Waals surface area contributed by atoms with E-state index in [9.17, 15) is 9.90 Å². The summed E-state index contributed by atoms with van der Waals surface area (Å²) in [6.45, 7) is 3.30. The minimum absolute atomic E-state index is 0.0775. The highest BCUT2D eigenvalue weighted by Crippen LogP contribution is 2.28. The smallest absolute Gasteiger partial charge is 0.314 e. The Bertz CT molecular complexity index is 197. The van der Waals surface area contributed by atoms with Crippen molar-refractivity contribution in [3.63, 3.8) is 0 Å². The van der Waals surface area contributed by atoms with Crippen molar-refractivity contribution in [2.24, 2.45) is 5.92 Å². The van der Waals surface area contributed by atoms with Crippen LogP contribution in [0.25, 0.3) is 0 Å². The Morgan fingerprint density at radius 3 is 2.80 bits per heavy atom. The molecule has 1 fully saturated rings. The molecular formula is C11H22N2O2. The minimum atomic E-state index is -0.0797. The van der Waals surface area contributed by atoms with E-state index >= 15 is 0 Å². The van der Waals surface area contributed by atoms with Crippen LogP contribution in [-0.2, 0) is 0 Å². The maximum absolute atomic E-state index is 11.0. The summed E-state index contributed by atoms with van der Waals surface area (Å²) in [5.41, 5.74) is 0. The molecule has 0 spiro atoms. The summed E-state index contributed by atoms with van der Waals surface area (Å²) >= 11 is 0. The summed E-state index contributed by atoms with van der Waals surface area (Å²) < 4.78 is 0. The topological polar surface area (TPSA) is 61.4 Å². The molecule has 15 heavy (non-hydrogen) atoms. The number of hydrogen-bond acceptors (Lipinski definition) is 2. The molecule has 1 aliphatic rings. The molecule has 1 rings (SSSR count). The van der Waals surface area contributed by atoms with Crippen LogP contribution >= 0.6 is 0 Å². The molecule has 0 aliphatic heterocycles. The highest BCUT2D eigenvalue weighted by atomic mass is 16.3. The maximum atomic E-state index is 11.0. The van der Waals surface area contributed by atoms with Gasteiger partial charge in [0.2, 0.25) is 0 Å². The van der Waals surface area contributed by atoms with Crippen molar-refractivity contribution in [1.29, 1.82) is 0 Å². The number of nitrogens with one attached hydrogen (secondary N) is 2. The van der Waals surface area contributed by atoms with Gasteiger partial charge in [-0.25, -0.2) is 4.79 Å². The first-order chi connectivity index (χ1) is 7.22. The Morgan fingerprint density at radius 1 is 1.40 bits per heavy atom. The lowest BCUT2D eigenvalue weighted by atomic mass is 10.0. The van der Waals surface area contributed by atoms with Gasteiger partial charge in [0.25, 0.3) is 0 Å². The van der Waals surface area contributed by atoms with Crippen molar-refractivity contribution in [3.8, 4) is 0 Å². The molecule has 2 atom stereocenters. The Morgan fingerprint density at radius 2 is 2.20 bits per heavy atom. The number of aliphatic hydroxyl groups is 1. The molecule has 1 saturated carbocycles. The lowest BCUT2D eigenvalue weighted by molar-refractivity contribution is 0.176. The van der Waals surface area contributed by atoms with Crippen molar-refractivity contribution in [2.45, 2.75) is 45.1 Å². The monoisotopic (exact) mass is 214 g/mol. The molecule has 0 aromatic carbocycles. The first kappa shape index (κ1) is 12.3. The second kappa shape index (κ2) is 6.67. The van der Waals surface area contributed by atoms with Gasteiger partial charge in [0.05, 0.1) is 6.10 Å². The fraction of sp³-hybridized carbons (Fsp3) is 0.909. The lowest BCUT2D eigenvalue weighted by Gasteiger charge is -2.09. The molecule has 0 bridgehead atoms. The molecule has 0 radical (unpaired) electrons. The van der Waals surface area contributed by atoms with Crippen LogP contribution in [0.5, 0.6) is 0 Å². The van der Waals surface area contributed by atoms with Crippen molar-refractivity contribution in [1.82, 2.24) is 10.6 Å². The second-order valence-corrected chi connectivity index (χ2v) is 4.26. The third-order valence-corrected chi connectivity index (χ3v) is 2.93. The molecule has 3 N–H and O–H groups in total. The van der Waals surface area contributed by atoms with E-state index in [4.69, 9.17) is 0 Å². The summed E-state index contributed by atoms with van der Waals surface area (Å²) in [7, 11) is 0. The molecule has 4 heteroatoms. The first-order valence-electron chi connectivity index (χ1n) is 5.92. The zero-order valence-electron chi connectivity index (χ0n) is 9.46. The predicted molar refractivity (Wildman–Crippen MR) is 59.7 cm³/mol. The number of aliphatic hydroxyl groups excluding tert-OH is 1. The third-order valence-electron chi connectivity index (χ3n) is 2.93. The number of hydrogen-bond donors (Lipinski definition) is 3. The summed E-state index contributed by atoms with van der Waals surface area (Å²) in [4.78, 5) is 11.0. The van der Waals surface area contributed by atoms with Crippen molar-refractivity contribution < 1.29 is 9.90 Å². The Labute approximate surface area is 91.4 Å². The van der Waals surface area contributed by atoms with Gasteiger partial charge in [0, 0.05) is 13.1 Å². The third kappa shape index (κ3) is 5.02. The molecule has 88 valence electrons. The molecule has 0 aromatic rings. The summed E-state index contributed by atoms with van der Waals surface area (Å²) in [6.07, 6.45) is 5.09. The van der Waals surface area contributed by atoms with Crippen LogP contribution in [0.3, 0.4) is 0 Å². The molecule has 2 unspecified atom stereocenters. The fourth-order valence-corrected chi connectivity index (χ4v) is 2.13. The molecular weight excluding hydrogens is 192 g/mol. The van der Waals surface area contributed by atoms with Gasteiger partial charge in [0.15, 0.2) is 0 Å². The average Bonchev–Trinajstić information content (AvgIpc) is 2.60. The standard InChI is InChI=1S/C11H22N2O2/c1-2-12-11(15)13-7-3-4-9-5-6-10(14)8-9/h9-10,14H,2-8H2,1H3,(H2,12,13,15). The van der Waals surface area contributed by atoms with E-state index in [0.717, 1.165) is 38.6 Å². The van der Waals surface area contributed by atoms with Crippen molar-refractivity contribution >= 4 is 6.03 Å². The van der Waals surface area contributed by atoms with Crippen LogP contribution in [-0.4, -0.2) is 30.3 Å². The van der Waals surface area contributed by atoms with E-state index in [1.165, 1.54) is 0 Å². The molecule has 1 aliphatic carbocycles. The molecule has 4 nitrogen and oxygen atoms in total. The molecule has 0 heterocycles. The van der Waals surface area contributed by atoms with E-state index < -0.39 is 0 Å². The van der Waals surface area contributed by atoms with Gasteiger partial charge in [-0.2, -0.15) is 0 Å². The van der Waals surface area contributed by atoms with Crippen LogP contribution in [0.4, 0.5) is 4.79 Å². The first-order valence-corrected chi connectivity index (χ1v) is 5.92. The summed E-state index contributed by atoms with van der Waals surface area (Å²) in [5, 5.41) is 14.8. The van der Waals surface area contributed by atoms with Crippen LogP contribution in [0.2, 0.25) is 0 Å². The molecule has 0 saturated heterocycles. The van der Waals surface area contributed by atoms with E-state index in [1.807, 2.05) is 6.92 Å². The fourth-order valence-electron chi connectivity index (χ4n) is 2.13. The van der Waals surface area contributed by atoms with Crippen LogP contribution in [0.15, 0.2) is 0 Å². The van der Waals surface area contributed by atoms with Crippen LogP contribution in [0, 0.1) is 5.92 Å². The van der Waals surface area contributed by atoms with E-state index in [2.05, 4.69) is 10.6 Å². The Balaban J connectivity index is 1.95. The zero-order valence-corrected chi connectivity index (χ0v) is 9.46. The van der Waals surface area contributed by atoms with Gasteiger partial charge >= 0.3 is 6.03 Å². The number of carbonyl (C=O) groups excluding carboxylic acids is 1. The minimum Gasteiger partial charge on any atom is -0.393 e. The number of urea groups is 1. The summed E-state index contributed by atoms with van der Waals surface area (Å²) in [5.74, 6) is 0.663. The number of amides is 2. The van der Waals surface area contributed by atoms with Crippen molar-refractivity contribution in [2.75, 3.05) is 13.1 Å². The Kier molecular flexibility index (Phi) is 5.47.